The number of nitrogens with zero attached hydrogens (tertiary/aromatic N) is 3. The molecule has 1 aromatic carbocycles. The van der Waals surface area contributed by atoms with E-state index in [9.17, 15) is 26.4 Å². The van der Waals surface area contributed by atoms with E-state index in [0.29, 0.717) is 37.0 Å². The Morgan fingerprint density at radius 1 is 1.03 bits per heavy atom. The third kappa shape index (κ3) is 9.87. The van der Waals surface area contributed by atoms with Crippen LogP contribution in [0.15, 0.2) is 29.2 Å². The Hall–Kier alpha value is -2.22. The van der Waals surface area contributed by atoms with E-state index in [2.05, 4.69) is 24.1 Å². The molecule has 0 aromatic heterocycles. The van der Waals surface area contributed by atoms with Gasteiger partial charge in [0.2, 0.25) is 15.9 Å². The van der Waals surface area contributed by atoms with Crippen LogP contribution in [0.5, 0.6) is 0 Å². The van der Waals surface area contributed by atoms with E-state index in [0.717, 1.165) is 31.7 Å². The minimum Gasteiger partial charge on any atom is -0.475 e. The van der Waals surface area contributed by atoms with Gasteiger partial charge in [0.05, 0.1) is 4.90 Å². The summed E-state index contributed by atoms with van der Waals surface area (Å²) in [4.78, 5) is 26.0. The third-order valence-corrected chi connectivity index (χ3v) is 8.25. The van der Waals surface area contributed by atoms with Gasteiger partial charge in [0.25, 0.3) is 0 Å². The molecule has 0 spiro atoms. The van der Waals surface area contributed by atoms with Crippen LogP contribution in [0.2, 0.25) is 0 Å². The van der Waals surface area contributed by atoms with Gasteiger partial charge < -0.3 is 20.2 Å². The number of amides is 1. The lowest BCUT2D eigenvalue weighted by Crippen LogP contribution is -2.47. The summed E-state index contributed by atoms with van der Waals surface area (Å²) < 4.78 is 60.0. The summed E-state index contributed by atoms with van der Waals surface area (Å²) in [7, 11) is -3.64. The van der Waals surface area contributed by atoms with Gasteiger partial charge in [-0.15, -0.1) is 0 Å². The second-order valence-electron chi connectivity index (χ2n) is 9.36. The first-order valence-electron chi connectivity index (χ1n) is 12.4. The summed E-state index contributed by atoms with van der Waals surface area (Å²) in [6, 6.07) is 7.18. The van der Waals surface area contributed by atoms with Crippen molar-refractivity contribution in [2.75, 3.05) is 58.9 Å². The number of carboxylic acids is 1. The molecular weight excluding hydrogens is 513 g/mol. The van der Waals surface area contributed by atoms with Crippen molar-refractivity contribution in [3.05, 3.63) is 29.8 Å². The average Bonchev–Trinajstić information content (AvgIpc) is 3.37. The van der Waals surface area contributed by atoms with Gasteiger partial charge in [-0.05, 0) is 49.5 Å². The van der Waals surface area contributed by atoms with E-state index in [1.54, 1.807) is 12.1 Å². The number of hydrogen-bond acceptors (Lipinski definition) is 6. The van der Waals surface area contributed by atoms with Crippen LogP contribution in [0.25, 0.3) is 0 Å². The van der Waals surface area contributed by atoms with Crippen molar-refractivity contribution in [1.82, 2.24) is 19.4 Å². The van der Waals surface area contributed by atoms with Gasteiger partial charge in [0.15, 0.2) is 0 Å². The van der Waals surface area contributed by atoms with Crippen molar-refractivity contribution in [1.29, 1.82) is 0 Å². The minimum absolute atomic E-state index is 0.0352. The maximum absolute atomic E-state index is 13.4. The highest BCUT2D eigenvalue weighted by Gasteiger charge is 2.38. The molecule has 1 amide bonds. The van der Waals surface area contributed by atoms with Gasteiger partial charge in [-0.2, -0.15) is 17.5 Å². The van der Waals surface area contributed by atoms with E-state index >= 15 is 0 Å². The number of likely N-dealkylation sites (tertiary alicyclic amines) is 1. The molecule has 2 aliphatic rings. The van der Waals surface area contributed by atoms with Crippen molar-refractivity contribution in [2.45, 2.75) is 50.1 Å². The van der Waals surface area contributed by atoms with E-state index in [1.165, 1.54) is 17.1 Å². The highest BCUT2D eigenvalue weighted by Crippen LogP contribution is 2.21. The molecule has 0 aliphatic carbocycles. The number of carbonyl (C=O) groups is 2. The first kappa shape index (κ1) is 31.0. The lowest BCUT2D eigenvalue weighted by Gasteiger charge is -2.29. The van der Waals surface area contributed by atoms with Crippen LogP contribution in [0.1, 0.15) is 44.6 Å². The first-order chi connectivity index (χ1) is 17.3. The number of aliphatic carboxylic acids is 1. The smallest absolute Gasteiger partial charge is 0.475 e. The Kier molecular flexibility index (Phi) is 11.8. The lowest BCUT2D eigenvalue weighted by atomic mass is 10.0. The van der Waals surface area contributed by atoms with E-state index in [1.807, 2.05) is 17.0 Å². The van der Waals surface area contributed by atoms with Crippen molar-refractivity contribution < 1.29 is 36.3 Å². The molecular formula is C24H37F3N4O5S. The quantitative estimate of drug-likeness (QED) is 0.486. The number of rotatable bonds is 9. The molecule has 0 radical (unpaired) electrons. The van der Waals surface area contributed by atoms with Crippen LogP contribution in [-0.4, -0.2) is 105 Å². The average molecular weight is 551 g/mol. The molecule has 3 rings (SSSR count). The monoisotopic (exact) mass is 550 g/mol. The topological polar surface area (TPSA) is 110 Å². The second-order valence-corrected chi connectivity index (χ2v) is 11.3. The summed E-state index contributed by atoms with van der Waals surface area (Å²) in [6.45, 7) is 10.6. The van der Waals surface area contributed by atoms with E-state index < -0.39 is 22.2 Å². The summed E-state index contributed by atoms with van der Waals surface area (Å²) in [5.74, 6) is -2.37. The fraction of sp³-hybridized carbons (Fsp3) is 0.667. The van der Waals surface area contributed by atoms with E-state index in [4.69, 9.17) is 9.90 Å². The van der Waals surface area contributed by atoms with Crippen LogP contribution in [0.3, 0.4) is 0 Å². The number of sulfonamides is 1. The molecule has 1 aromatic rings. The van der Waals surface area contributed by atoms with Crippen molar-refractivity contribution in [2.24, 2.45) is 0 Å². The van der Waals surface area contributed by atoms with Gasteiger partial charge in [-0.1, -0.05) is 26.0 Å². The zero-order chi connectivity index (χ0) is 27.6. The lowest BCUT2D eigenvalue weighted by molar-refractivity contribution is -0.192. The van der Waals surface area contributed by atoms with Gasteiger partial charge in [-0.25, -0.2) is 13.2 Å². The first-order valence-corrected chi connectivity index (χ1v) is 13.9. The summed E-state index contributed by atoms with van der Waals surface area (Å²) >= 11 is 0. The molecule has 2 N–H and O–H groups in total. The zero-order valence-corrected chi connectivity index (χ0v) is 22.2. The molecule has 2 fully saturated rings. The normalized spacial score (nSPS) is 17.1. The number of piperazine rings is 1. The highest BCUT2D eigenvalue weighted by atomic mass is 32.2. The van der Waals surface area contributed by atoms with Gasteiger partial charge >= 0.3 is 12.1 Å². The molecule has 0 unspecified atom stereocenters. The van der Waals surface area contributed by atoms with Crippen molar-refractivity contribution in [3.63, 3.8) is 0 Å². The number of alkyl halides is 3. The Balaban J connectivity index is 0.000000604. The van der Waals surface area contributed by atoms with Crippen LogP contribution in [0.4, 0.5) is 13.2 Å². The number of nitrogens with one attached hydrogen (secondary N) is 1. The number of carboxylic acid groups (broad SMARTS) is 1. The van der Waals surface area contributed by atoms with Crippen LogP contribution < -0.4 is 5.32 Å². The predicted molar refractivity (Wildman–Crippen MR) is 133 cm³/mol. The number of carbonyl (C=O) groups excluding carboxylic acids is 1. The molecule has 0 saturated carbocycles. The van der Waals surface area contributed by atoms with E-state index in [-0.39, 0.29) is 18.9 Å². The molecule has 0 atom stereocenters. The largest absolute Gasteiger partial charge is 0.490 e. The SMILES string of the molecule is CC(C)c1ccc(S(=O)(=O)N(CCC(=O)N2CCNCC2)CCN2CCCC2)cc1.O=C(O)C(F)(F)F. The Labute approximate surface area is 216 Å². The van der Waals surface area contributed by atoms with Gasteiger partial charge in [-0.3, -0.25) is 4.79 Å². The molecule has 0 bridgehead atoms. The summed E-state index contributed by atoms with van der Waals surface area (Å²) in [5, 5.41) is 10.4. The summed E-state index contributed by atoms with van der Waals surface area (Å²) in [6.07, 6.45) is -2.51. The molecule has 9 nitrogen and oxygen atoms in total. The van der Waals surface area contributed by atoms with Crippen molar-refractivity contribution in [3.8, 4) is 0 Å². The minimum atomic E-state index is -5.08. The zero-order valence-electron chi connectivity index (χ0n) is 21.3. The number of benzene rings is 1. The second kappa shape index (κ2) is 14.1. The molecule has 2 aliphatic heterocycles. The fourth-order valence-corrected chi connectivity index (χ4v) is 5.51. The van der Waals surface area contributed by atoms with Gasteiger partial charge in [0.1, 0.15) is 0 Å². The maximum Gasteiger partial charge on any atom is 0.490 e. The van der Waals surface area contributed by atoms with Crippen LogP contribution in [-0.2, 0) is 19.6 Å². The molecule has 37 heavy (non-hydrogen) atoms. The molecule has 2 saturated heterocycles. The van der Waals surface area contributed by atoms with Crippen LogP contribution >= 0.6 is 0 Å². The van der Waals surface area contributed by atoms with Crippen molar-refractivity contribution >= 4 is 21.9 Å². The molecule has 2 heterocycles. The third-order valence-electron chi connectivity index (χ3n) is 6.34. The Morgan fingerprint density at radius 2 is 1.57 bits per heavy atom. The highest BCUT2D eigenvalue weighted by molar-refractivity contribution is 7.89. The Bertz CT molecular complexity index is 975. The number of hydrogen-bond donors (Lipinski definition) is 2. The molecule has 13 heteroatoms. The predicted octanol–water partition coefficient (Wildman–Crippen LogP) is 2.35. The molecule has 210 valence electrons. The standard InChI is InChI=1S/C22H36N4O3S.C2HF3O2/c1-19(2)20-5-7-21(8-6-20)30(28,29)26(18-17-24-12-3-4-13-24)14-9-22(27)25-15-10-23-11-16-25;3-2(4,5)1(6)7/h5-8,19,23H,3-4,9-18H2,1-2H3;(H,6,7). The number of halogens is 3. The van der Waals surface area contributed by atoms with Crippen LogP contribution in [0, 0.1) is 0 Å². The Morgan fingerprint density at radius 3 is 2.05 bits per heavy atom. The summed E-state index contributed by atoms with van der Waals surface area (Å²) in [5.41, 5.74) is 1.12. The van der Waals surface area contributed by atoms with Gasteiger partial charge in [0, 0.05) is 52.2 Å². The fourth-order valence-electron chi connectivity index (χ4n) is 4.08. The maximum atomic E-state index is 13.4.